The molecule has 0 unspecified atom stereocenters. The maximum atomic E-state index is 13.0. The van der Waals surface area contributed by atoms with E-state index in [4.69, 9.17) is 0 Å². The number of nitrogens with zero attached hydrogens (tertiary/aromatic N) is 4. The molecule has 0 aliphatic carbocycles. The minimum absolute atomic E-state index is 0.0845. The molecular weight excluding hydrogens is 394 g/mol. The van der Waals surface area contributed by atoms with Gasteiger partial charge < -0.3 is 0 Å². The molecule has 0 bridgehead atoms. The van der Waals surface area contributed by atoms with E-state index in [1.807, 2.05) is 0 Å². The fourth-order valence-electron chi connectivity index (χ4n) is 2.53. The third-order valence-electron chi connectivity index (χ3n) is 4.14. The Hall–Kier alpha value is -2.43. The van der Waals surface area contributed by atoms with Crippen molar-refractivity contribution < 1.29 is 26.3 Å². The van der Waals surface area contributed by atoms with E-state index in [0.717, 1.165) is 0 Å². The molecule has 0 aromatic heterocycles. The normalized spacial score (nSPS) is 19.2. The number of rotatable bonds is 4. The average Bonchev–Trinajstić information content (AvgIpc) is 3.46. The van der Waals surface area contributed by atoms with Crippen molar-refractivity contribution in [3.05, 3.63) is 59.7 Å². The van der Waals surface area contributed by atoms with E-state index in [1.165, 1.54) is 60.3 Å². The van der Waals surface area contributed by atoms with E-state index in [2.05, 4.69) is 20.5 Å². The molecule has 4 nitrogen and oxygen atoms in total. The van der Waals surface area contributed by atoms with E-state index in [1.54, 1.807) is 0 Å². The molecule has 2 aromatic carbocycles. The lowest BCUT2D eigenvalue weighted by Crippen LogP contribution is -2.30. The van der Waals surface area contributed by atoms with Crippen molar-refractivity contribution in [1.29, 1.82) is 0 Å². The second kappa shape index (κ2) is 5.54. The van der Waals surface area contributed by atoms with Crippen LogP contribution in [-0.2, 0) is 11.3 Å². The van der Waals surface area contributed by atoms with Crippen LogP contribution < -0.4 is 0 Å². The Kier molecular flexibility index (Phi) is 3.68. The van der Waals surface area contributed by atoms with Crippen LogP contribution in [0, 0.1) is 0 Å². The molecule has 140 valence electrons. The molecule has 0 fully saturated rings. The first-order chi connectivity index (χ1) is 12.6. The summed E-state index contributed by atoms with van der Waals surface area (Å²) in [4.78, 5) is 1.24. The summed E-state index contributed by atoms with van der Waals surface area (Å²) in [6.07, 6.45) is -9.18. The van der Waals surface area contributed by atoms with Crippen molar-refractivity contribution >= 4 is 11.8 Å². The van der Waals surface area contributed by atoms with Gasteiger partial charge in [0, 0.05) is 20.9 Å². The van der Waals surface area contributed by atoms with Crippen LogP contribution in [0.15, 0.2) is 78.8 Å². The Balaban J connectivity index is 1.48. The zero-order valence-corrected chi connectivity index (χ0v) is 13.9. The molecular formula is C16H8F6N4S. The lowest BCUT2D eigenvalue weighted by Gasteiger charge is -2.15. The van der Waals surface area contributed by atoms with Crippen LogP contribution in [0.25, 0.3) is 0 Å². The summed E-state index contributed by atoms with van der Waals surface area (Å²) in [6.45, 7) is 0. The van der Waals surface area contributed by atoms with Crippen molar-refractivity contribution in [1.82, 2.24) is 0 Å². The van der Waals surface area contributed by atoms with E-state index >= 15 is 0 Å². The molecule has 0 spiro atoms. The van der Waals surface area contributed by atoms with Crippen molar-refractivity contribution in [2.24, 2.45) is 20.5 Å². The zero-order valence-electron chi connectivity index (χ0n) is 13.1. The Labute approximate surface area is 152 Å². The summed E-state index contributed by atoms with van der Waals surface area (Å²) in [7, 11) is 0. The monoisotopic (exact) mass is 402 g/mol. The van der Waals surface area contributed by atoms with E-state index in [0.29, 0.717) is 9.79 Å². The quantitative estimate of drug-likeness (QED) is 0.562. The predicted molar refractivity (Wildman–Crippen MR) is 82.2 cm³/mol. The van der Waals surface area contributed by atoms with Gasteiger partial charge in [-0.05, 0) is 24.3 Å². The van der Waals surface area contributed by atoms with Crippen LogP contribution in [0.2, 0.25) is 0 Å². The number of halogens is 6. The third kappa shape index (κ3) is 2.89. The van der Waals surface area contributed by atoms with E-state index in [-0.39, 0.29) is 11.1 Å². The predicted octanol–water partition coefficient (Wildman–Crippen LogP) is 6.20. The molecule has 2 heterocycles. The first-order valence-electron chi connectivity index (χ1n) is 7.48. The number of benzene rings is 2. The SMILES string of the molecule is FC(F)(F)C1(c2ccc(Sc3ccc(C4(C(F)(F)F)N=N4)cc3)cc2)N=N1. The molecule has 2 aliphatic heterocycles. The molecule has 4 rings (SSSR count). The van der Waals surface area contributed by atoms with E-state index < -0.39 is 23.7 Å². The molecule has 0 saturated carbocycles. The first kappa shape index (κ1) is 18.0. The van der Waals surface area contributed by atoms with Gasteiger partial charge in [0.1, 0.15) is 0 Å². The molecule has 0 atom stereocenters. The highest BCUT2D eigenvalue weighted by Crippen LogP contribution is 2.53. The zero-order chi connectivity index (χ0) is 19.5. The van der Waals surface area contributed by atoms with Gasteiger partial charge in [-0.25, -0.2) is 0 Å². The van der Waals surface area contributed by atoms with Crippen molar-refractivity contribution in [2.45, 2.75) is 33.5 Å². The molecule has 0 amide bonds. The average molecular weight is 402 g/mol. The summed E-state index contributed by atoms with van der Waals surface area (Å²) >= 11 is 1.20. The van der Waals surface area contributed by atoms with Crippen molar-refractivity contribution in [3.8, 4) is 0 Å². The lowest BCUT2D eigenvalue weighted by molar-refractivity contribution is -0.166. The molecule has 2 aliphatic rings. The summed E-state index contributed by atoms with van der Waals surface area (Å²) in [5, 5.41) is 12.5. The maximum Gasteiger partial charge on any atom is 0.442 e. The summed E-state index contributed by atoms with van der Waals surface area (Å²) < 4.78 is 77.8. The van der Waals surface area contributed by atoms with Crippen molar-refractivity contribution in [2.75, 3.05) is 0 Å². The standard InChI is InChI=1S/C16H8F6N4S/c17-15(18,19)13(23-24-13)9-1-5-11(6-2-9)27-12-7-3-10(4-8-12)14(25-26-14)16(20,21)22/h1-8H. The van der Waals surface area contributed by atoms with Gasteiger partial charge in [-0.15, -0.1) is 20.5 Å². The van der Waals surface area contributed by atoms with Gasteiger partial charge in [0.2, 0.25) is 0 Å². The number of alkyl halides is 6. The molecule has 0 radical (unpaired) electrons. The van der Waals surface area contributed by atoms with Gasteiger partial charge in [-0.2, -0.15) is 26.3 Å². The van der Waals surface area contributed by atoms with Gasteiger partial charge in [0.25, 0.3) is 0 Å². The second-order valence-corrected chi connectivity index (χ2v) is 7.04. The van der Waals surface area contributed by atoms with Crippen LogP contribution in [-0.4, -0.2) is 12.4 Å². The van der Waals surface area contributed by atoms with Gasteiger partial charge in [-0.1, -0.05) is 36.0 Å². The highest BCUT2D eigenvalue weighted by Gasteiger charge is 2.65. The summed E-state index contributed by atoms with van der Waals surface area (Å²) in [6, 6.07) is 11.0. The van der Waals surface area contributed by atoms with Crippen LogP contribution in [0.4, 0.5) is 26.3 Å². The summed E-state index contributed by atoms with van der Waals surface area (Å²) in [5.74, 6) is 0. The van der Waals surface area contributed by atoms with Crippen LogP contribution in [0.3, 0.4) is 0 Å². The maximum absolute atomic E-state index is 13.0. The first-order valence-corrected chi connectivity index (χ1v) is 8.30. The smallest absolute Gasteiger partial charge is 0.166 e. The van der Waals surface area contributed by atoms with Gasteiger partial charge >= 0.3 is 23.7 Å². The van der Waals surface area contributed by atoms with Crippen molar-refractivity contribution in [3.63, 3.8) is 0 Å². The molecule has 11 heteroatoms. The van der Waals surface area contributed by atoms with Crippen LogP contribution in [0.5, 0.6) is 0 Å². The summed E-state index contributed by atoms with van der Waals surface area (Å²) in [5.41, 5.74) is -5.11. The fraction of sp³-hybridized carbons (Fsp3) is 0.250. The molecule has 0 N–H and O–H groups in total. The fourth-order valence-corrected chi connectivity index (χ4v) is 3.35. The van der Waals surface area contributed by atoms with E-state index in [9.17, 15) is 26.3 Å². The second-order valence-electron chi connectivity index (χ2n) is 5.89. The van der Waals surface area contributed by atoms with Gasteiger partial charge in [0.15, 0.2) is 0 Å². The lowest BCUT2D eigenvalue weighted by atomic mass is 10.0. The minimum atomic E-state index is -4.59. The van der Waals surface area contributed by atoms with Crippen LogP contribution >= 0.6 is 11.8 Å². The number of hydrogen-bond acceptors (Lipinski definition) is 5. The largest absolute Gasteiger partial charge is 0.442 e. The van der Waals surface area contributed by atoms with Crippen LogP contribution in [0.1, 0.15) is 11.1 Å². The highest BCUT2D eigenvalue weighted by atomic mass is 32.2. The highest BCUT2D eigenvalue weighted by molar-refractivity contribution is 7.99. The van der Waals surface area contributed by atoms with Gasteiger partial charge in [0.05, 0.1) is 0 Å². The molecule has 27 heavy (non-hydrogen) atoms. The molecule has 2 aromatic rings. The minimum Gasteiger partial charge on any atom is -0.166 e. The Bertz CT molecular complexity index is 842. The Morgan fingerprint density at radius 3 is 1.07 bits per heavy atom. The Morgan fingerprint density at radius 1 is 0.556 bits per heavy atom. The number of hydrogen-bond donors (Lipinski definition) is 0. The Morgan fingerprint density at radius 2 is 0.852 bits per heavy atom. The topological polar surface area (TPSA) is 49.4 Å². The molecule has 0 saturated heterocycles. The third-order valence-corrected chi connectivity index (χ3v) is 5.16. The van der Waals surface area contributed by atoms with Gasteiger partial charge in [-0.3, -0.25) is 0 Å².